The van der Waals surface area contributed by atoms with E-state index in [-0.39, 0.29) is 11.7 Å². The van der Waals surface area contributed by atoms with Gasteiger partial charge in [0.1, 0.15) is 5.69 Å². The van der Waals surface area contributed by atoms with Gasteiger partial charge in [-0.3, -0.25) is 19.8 Å². The van der Waals surface area contributed by atoms with Gasteiger partial charge >= 0.3 is 11.8 Å². The fraction of sp³-hybridized carbons (Fsp3) is 0.190. The van der Waals surface area contributed by atoms with Crippen molar-refractivity contribution in [1.29, 1.82) is 0 Å². The molecule has 0 bridgehead atoms. The molecule has 30 heavy (non-hydrogen) atoms. The third-order valence-electron chi connectivity index (χ3n) is 4.49. The fourth-order valence-corrected chi connectivity index (χ4v) is 3.35. The van der Waals surface area contributed by atoms with Crippen LogP contribution in [0, 0.1) is 0 Å². The highest BCUT2D eigenvalue weighted by molar-refractivity contribution is 9.10. The predicted molar refractivity (Wildman–Crippen MR) is 121 cm³/mol. The minimum atomic E-state index is -0.868. The molecule has 156 valence electrons. The van der Waals surface area contributed by atoms with Crippen molar-refractivity contribution >= 4 is 61.8 Å². The molecule has 2 aromatic carbocycles. The van der Waals surface area contributed by atoms with Crippen LogP contribution in [0.3, 0.4) is 0 Å². The van der Waals surface area contributed by atoms with Crippen LogP contribution in [0.5, 0.6) is 0 Å². The molecule has 0 radical (unpaired) electrons. The molecule has 0 spiro atoms. The van der Waals surface area contributed by atoms with E-state index >= 15 is 0 Å². The van der Waals surface area contributed by atoms with E-state index in [0.717, 1.165) is 4.47 Å². The number of hydrogen-bond donors (Lipinski definition) is 3. The number of nitrogens with zero attached hydrogens (tertiary/aromatic N) is 1. The van der Waals surface area contributed by atoms with E-state index in [0.29, 0.717) is 28.0 Å². The first-order chi connectivity index (χ1) is 14.3. The van der Waals surface area contributed by atoms with Gasteiger partial charge in [0.05, 0.1) is 5.52 Å². The Labute approximate surface area is 186 Å². The molecule has 0 aliphatic heterocycles. The number of halogens is 2. The summed E-state index contributed by atoms with van der Waals surface area (Å²) < 4.78 is 2.12. The maximum absolute atomic E-state index is 12.9. The van der Waals surface area contributed by atoms with Crippen LogP contribution >= 0.6 is 27.5 Å². The van der Waals surface area contributed by atoms with E-state index < -0.39 is 17.7 Å². The summed E-state index contributed by atoms with van der Waals surface area (Å²) >= 11 is 9.38. The Hall–Kier alpha value is -2.84. The first-order valence-electron chi connectivity index (χ1n) is 9.28. The average Bonchev–Trinajstić information content (AvgIpc) is 3.05. The van der Waals surface area contributed by atoms with Crippen LogP contribution < -0.4 is 16.1 Å². The Bertz CT molecular complexity index is 1130. The van der Waals surface area contributed by atoms with Crippen LogP contribution in [-0.4, -0.2) is 28.4 Å². The van der Waals surface area contributed by atoms with Crippen molar-refractivity contribution in [2.75, 3.05) is 10.7 Å². The number of carbonyl (C=O) groups excluding carboxylic acids is 3. The molecule has 3 aromatic rings. The van der Waals surface area contributed by atoms with Gasteiger partial charge in [-0.15, -0.1) is 0 Å². The van der Waals surface area contributed by atoms with Gasteiger partial charge in [-0.25, -0.2) is 4.68 Å². The largest absolute Gasteiger partial charge is 0.345 e. The highest BCUT2D eigenvalue weighted by Crippen LogP contribution is 2.24. The maximum Gasteiger partial charge on any atom is 0.328 e. The monoisotopic (exact) mass is 490 g/mol. The summed E-state index contributed by atoms with van der Waals surface area (Å²) in [7, 11) is 0. The Kier molecular flexibility index (Phi) is 6.79. The molecule has 9 heteroatoms. The van der Waals surface area contributed by atoms with Gasteiger partial charge in [0.25, 0.3) is 5.91 Å². The number of benzene rings is 2. The molecule has 1 aromatic heterocycles. The second kappa shape index (κ2) is 9.32. The number of nitrogens with one attached hydrogen (secondary N) is 3. The van der Waals surface area contributed by atoms with Gasteiger partial charge in [-0.1, -0.05) is 40.5 Å². The minimum Gasteiger partial charge on any atom is -0.345 e. The van der Waals surface area contributed by atoms with E-state index in [1.807, 2.05) is 13.0 Å². The summed E-state index contributed by atoms with van der Waals surface area (Å²) in [6.45, 7) is 3.70. The molecule has 0 fully saturated rings. The van der Waals surface area contributed by atoms with Gasteiger partial charge in [0.2, 0.25) is 0 Å². The zero-order valence-corrected chi connectivity index (χ0v) is 18.7. The van der Waals surface area contributed by atoms with Crippen molar-refractivity contribution in [2.45, 2.75) is 26.3 Å². The first kappa shape index (κ1) is 21.9. The first-order valence-corrected chi connectivity index (χ1v) is 10.5. The summed E-state index contributed by atoms with van der Waals surface area (Å²) in [6.07, 6.45) is 0.687. The molecular formula is C21H20BrClN4O3. The van der Waals surface area contributed by atoms with Crippen molar-refractivity contribution < 1.29 is 14.4 Å². The third-order valence-corrected chi connectivity index (χ3v) is 5.22. The number of aromatic nitrogens is 1. The lowest BCUT2D eigenvalue weighted by atomic mass is 10.2. The molecule has 0 unspecified atom stereocenters. The number of anilines is 1. The lowest BCUT2D eigenvalue weighted by Crippen LogP contribution is -2.43. The lowest BCUT2D eigenvalue weighted by molar-refractivity contribution is -0.137. The van der Waals surface area contributed by atoms with Crippen molar-refractivity contribution in [2.24, 2.45) is 0 Å². The molecular weight excluding hydrogens is 472 g/mol. The van der Waals surface area contributed by atoms with Gasteiger partial charge in [0.15, 0.2) is 0 Å². The molecule has 0 saturated heterocycles. The second-order valence-corrected chi connectivity index (χ2v) is 8.11. The minimum absolute atomic E-state index is 0.147. The molecule has 0 aliphatic carbocycles. The molecule has 3 rings (SSSR count). The maximum atomic E-state index is 12.9. The highest BCUT2D eigenvalue weighted by Gasteiger charge is 2.21. The van der Waals surface area contributed by atoms with Crippen molar-refractivity contribution in [3.05, 3.63) is 63.7 Å². The van der Waals surface area contributed by atoms with Gasteiger partial charge in [0, 0.05) is 26.6 Å². The molecule has 1 atom stereocenters. The summed E-state index contributed by atoms with van der Waals surface area (Å²) in [5.41, 5.74) is 3.76. The zero-order chi connectivity index (χ0) is 21.8. The highest BCUT2D eigenvalue weighted by atomic mass is 79.9. The van der Waals surface area contributed by atoms with Crippen LogP contribution in [0.1, 0.15) is 30.8 Å². The van der Waals surface area contributed by atoms with Gasteiger partial charge in [-0.05, 0) is 55.8 Å². The number of hydrogen-bond acceptors (Lipinski definition) is 3. The summed E-state index contributed by atoms with van der Waals surface area (Å²) in [5, 5.41) is 6.55. The summed E-state index contributed by atoms with van der Waals surface area (Å²) in [6, 6.07) is 13.5. The molecule has 0 aliphatic rings. The van der Waals surface area contributed by atoms with Gasteiger partial charge < -0.3 is 10.6 Å². The standard InChI is InChI=1S/C21H20BrClN4O3/c1-3-12(2)24-20(29)21(30)26-27-17-8-7-14(22)9-13(17)10-18(27)19(28)25-16-6-4-5-15(23)11-16/h4-12H,3H2,1-2H3,(H,24,29)(H,25,28)(H,26,30)/t12-/m0/s1. The van der Waals surface area contributed by atoms with Crippen molar-refractivity contribution in [1.82, 2.24) is 9.99 Å². The van der Waals surface area contributed by atoms with E-state index in [9.17, 15) is 14.4 Å². The second-order valence-electron chi connectivity index (χ2n) is 6.76. The van der Waals surface area contributed by atoms with E-state index in [1.54, 1.807) is 49.4 Å². The molecule has 0 saturated carbocycles. The molecule has 3 N–H and O–H groups in total. The number of carbonyl (C=O) groups is 3. The quantitative estimate of drug-likeness (QED) is 0.465. The van der Waals surface area contributed by atoms with Crippen molar-refractivity contribution in [3.63, 3.8) is 0 Å². The zero-order valence-electron chi connectivity index (χ0n) is 16.3. The lowest BCUT2D eigenvalue weighted by Gasteiger charge is -2.14. The third kappa shape index (κ3) is 5.01. The fourth-order valence-electron chi connectivity index (χ4n) is 2.78. The summed E-state index contributed by atoms with van der Waals surface area (Å²) in [4.78, 5) is 37.6. The van der Waals surface area contributed by atoms with Crippen LogP contribution in [0.2, 0.25) is 5.02 Å². The Morgan fingerprint density at radius 1 is 1.10 bits per heavy atom. The van der Waals surface area contributed by atoms with Gasteiger partial charge in [-0.2, -0.15) is 0 Å². The average molecular weight is 492 g/mol. The Morgan fingerprint density at radius 2 is 1.87 bits per heavy atom. The SMILES string of the molecule is CC[C@H](C)NC(=O)C(=O)Nn1c(C(=O)Nc2cccc(Cl)c2)cc2cc(Br)ccc21. The number of rotatable bonds is 5. The van der Waals surface area contributed by atoms with E-state index in [2.05, 4.69) is 32.0 Å². The van der Waals surface area contributed by atoms with E-state index in [4.69, 9.17) is 11.6 Å². The molecule has 3 amide bonds. The van der Waals surface area contributed by atoms with Crippen LogP contribution in [0.4, 0.5) is 5.69 Å². The Balaban J connectivity index is 1.94. The van der Waals surface area contributed by atoms with Crippen LogP contribution in [0.15, 0.2) is 53.0 Å². The van der Waals surface area contributed by atoms with Crippen LogP contribution in [0.25, 0.3) is 10.9 Å². The van der Waals surface area contributed by atoms with E-state index in [1.165, 1.54) is 4.68 Å². The molecule has 1 heterocycles. The normalized spacial score (nSPS) is 11.7. The number of fused-ring (bicyclic) bond motifs is 1. The number of amides is 3. The Morgan fingerprint density at radius 3 is 2.57 bits per heavy atom. The van der Waals surface area contributed by atoms with Crippen LogP contribution in [-0.2, 0) is 9.59 Å². The molecule has 7 nitrogen and oxygen atoms in total. The summed E-state index contributed by atoms with van der Waals surface area (Å²) in [5.74, 6) is -2.11. The smallest absolute Gasteiger partial charge is 0.328 e. The predicted octanol–water partition coefficient (Wildman–Crippen LogP) is 4.29. The van der Waals surface area contributed by atoms with Crippen molar-refractivity contribution in [3.8, 4) is 0 Å². The topological polar surface area (TPSA) is 92.2 Å².